The molecule has 96 valence electrons. The van der Waals surface area contributed by atoms with E-state index in [1.54, 1.807) is 0 Å². The number of H-pyrrole nitrogens is 1. The SMILES string of the molecule is COc1cc(F)c(-c2cn[nH]c2N)c(Br)c1OC. The molecule has 0 unspecified atom stereocenters. The monoisotopic (exact) mass is 315 g/mol. The zero-order valence-corrected chi connectivity index (χ0v) is 11.3. The van der Waals surface area contributed by atoms with Crippen LogP contribution in [0.5, 0.6) is 11.5 Å². The lowest BCUT2D eigenvalue weighted by Gasteiger charge is -2.13. The number of nitrogens with zero attached hydrogens (tertiary/aromatic N) is 1. The van der Waals surface area contributed by atoms with Crippen molar-refractivity contribution in [3.63, 3.8) is 0 Å². The van der Waals surface area contributed by atoms with E-state index in [0.717, 1.165) is 0 Å². The van der Waals surface area contributed by atoms with Crippen LogP contribution in [0, 0.1) is 5.82 Å². The van der Waals surface area contributed by atoms with Gasteiger partial charge >= 0.3 is 0 Å². The molecule has 0 aliphatic heterocycles. The largest absolute Gasteiger partial charge is 0.493 e. The van der Waals surface area contributed by atoms with E-state index in [4.69, 9.17) is 15.2 Å². The standard InChI is InChI=1S/C11H11BrFN3O2/c1-17-7-3-6(13)8(9(12)10(7)18-2)5-4-15-16-11(5)14/h3-4H,1-2H3,(H3,14,15,16). The molecule has 1 aromatic heterocycles. The molecule has 18 heavy (non-hydrogen) atoms. The lowest BCUT2D eigenvalue weighted by molar-refractivity contribution is 0.351. The average Bonchev–Trinajstić information content (AvgIpc) is 2.75. The fraction of sp³-hybridized carbons (Fsp3) is 0.182. The van der Waals surface area contributed by atoms with Gasteiger partial charge < -0.3 is 15.2 Å². The highest BCUT2D eigenvalue weighted by Gasteiger charge is 2.21. The highest BCUT2D eigenvalue weighted by molar-refractivity contribution is 9.10. The minimum atomic E-state index is -0.479. The van der Waals surface area contributed by atoms with Gasteiger partial charge in [-0.05, 0) is 15.9 Å². The molecule has 0 radical (unpaired) electrons. The van der Waals surface area contributed by atoms with Gasteiger partial charge in [0.25, 0.3) is 0 Å². The van der Waals surface area contributed by atoms with Crippen molar-refractivity contribution < 1.29 is 13.9 Å². The number of aromatic amines is 1. The molecule has 0 fully saturated rings. The number of halogens is 2. The highest BCUT2D eigenvalue weighted by atomic mass is 79.9. The molecular formula is C11H11BrFN3O2. The topological polar surface area (TPSA) is 73.2 Å². The van der Waals surface area contributed by atoms with Gasteiger partial charge in [0.15, 0.2) is 11.5 Å². The Morgan fingerprint density at radius 2 is 2.11 bits per heavy atom. The first-order valence-corrected chi connectivity index (χ1v) is 5.78. The van der Waals surface area contributed by atoms with Gasteiger partial charge in [-0.25, -0.2) is 4.39 Å². The summed E-state index contributed by atoms with van der Waals surface area (Å²) >= 11 is 3.30. The van der Waals surface area contributed by atoms with Crippen LogP contribution < -0.4 is 15.2 Å². The fourth-order valence-corrected chi connectivity index (χ4v) is 2.42. The Bertz CT molecular complexity index is 586. The van der Waals surface area contributed by atoms with Crippen LogP contribution in [0.1, 0.15) is 0 Å². The number of nitrogens with two attached hydrogens (primary N) is 1. The Balaban J connectivity index is 2.73. The number of methoxy groups -OCH3 is 2. The van der Waals surface area contributed by atoms with Crippen molar-refractivity contribution >= 4 is 21.7 Å². The van der Waals surface area contributed by atoms with Gasteiger partial charge in [-0.3, -0.25) is 5.10 Å². The van der Waals surface area contributed by atoms with Crippen molar-refractivity contribution in [2.75, 3.05) is 20.0 Å². The van der Waals surface area contributed by atoms with Crippen molar-refractivity contribution in [2.24, 2.45) is 0 Å². The summed E-state index contributed by atoms with van der Waals surface area (Å²) in [6.45, 7) is 0. The Labute approximate surface area is 111 Å². The molecule has 0 bridgehead atoms. The third-order valence-corrected chi connectivity index (χ3v) is 3.26. The number of nitrogen functional groups attached to an aromatic ring is 1. The number of hydrogen-bond donors (Lipinski definition) is 2. The second kappa shape index (κ2) is 4.85. The summed E-state index contributed by atoms with van der Waals surface area (Å²) in [5.41, 5.74) is 6.43. The zero-order valence-electron chi connectivity index (χ0n) is 9.75. The molecule has 2 rings (SSSR count). The summed E-state index contributed by atoms with van der Waals surface area (Å²) in [5, 5.41) is 6.32. The quantitative estimate of drug-likeness (QED) is 0.913. The van der Waals surface area contributed by atoms with E-state index in [1.165, 1.54) is 26.5 Å². The van der Waals surface area contributed by atoms with Gasteiger partial charge in [-0.2, -0.15) is 5.10 Å². The summed E-state index contributed by atoms with van der Waals surface area (Å²) in [5.74, 6) is 0.497. The highest BCUT2D eigenvalue weighted by Crippen LogP contribution is 2.44. The Morgan fingerprint density at radius 1 is 1.39 bits per heavy atom. The average molecular weight is 316 g/mol. The van der Waals surface area contributed by atoms with Gasteiger partial charge in [0.2, 0.25) is 0 Å². The Hall–Kier alpha value is -1.76. The lowest BCUT2D eigenvalue weighted by Crippen LogP contribution is -1.97. The molecule has 0 saturated heterocycles. The first-order valence-electron chi connectivity index (χ1n) is 4.99. The van der Waals surface area contributed by atoms with E-state index < -0.39 is 5.82 Å². The second-order valence-electron chi connectivity index (χ2n) is 3.48. The van der Waals surface area contributed by atoms with E-state index in [2.05, 4.69) is 26.1 Å². The lowest BCUT2D eigenvalue weighted by atomic mass is 10.1. The number of rotatable bonds is 3. The van der Waals surface area contributed by atoms with Crippen LogP contribution in [-0.2, 0) is 0 Å². The second-order valence-corrected chi connectivity index (χ2v) is 4.27. The van der Waals surface area contributed by atoms with Crippen molar-refractivity contribution in [1.29, 1.82) is 0 Å². The molecule has 0 aliphatic carbocycles. The van der Waals surface area contributed by atoms with Crippen molar-refractivity contribution in [1.82, 2.24) is 10.2 Å². The van der Waals surface area contributed by atoms with E-state index in [0.29, 0.717) is 21.5 Å². The van der Waals surface area contributed by atoms with Crippen molar-refractivity contribution in [3.8, 4) is 22.6 Å². The van der Waals surface area contributed by atoms with E-state index in [-0.39, 0.29) is 11.4 Å². The van der Waals surface area contributed by atoms with Gasteiger partial charge in [0, 0.05) is 17.2 Å². The molecule has 2 aromatic rings. The summed E-state index contributed by atoms with van der Waals surface area (Å²) in [7, 11) is 2.92. The molecule has 3 N–H and O–H groups in total. The molecule has 5 nitrogen and oxygen atoms in total. The third-order valence-electron chi connectivity index (χ3n) is 2.50. The van der Waals surface area contributed by atoms with Crippen molar-refractivity contribution in [3.05, 3.63) is 22.6 Å². The summed E-state index contributed by atoms with van der Waals surface area (Å²) in [4.78, 5) is 0. The van der Waals surface area contributed by atoms with Crippen LogP contribution in [0.2, 0.25) is 0 Å². The van der Waals surface area contributed by atoms with Gasteiger partial charge in [0.05, 0.1) is 24.9 Å². The van der Waals surface area contributed by atoms with Crippen LogP contribution in [0.25, 0.3) is 11.1 Å². The molecule has 1 heterocycles. The number of aromatic nitrogens is 2. The third kappa shape index (κ3) is 1.90. The normalized spacial score (nSPS) is 10.4. The number of hydrogen-bond acceptors (Lipinski definition) is 4. The van der Waals surface area contributed by atoms with E-state index >= 15 is 0 Å². The molecule has 0 atom stereocenters. The van der Waals surface area contributed by atoms with Gasteiger partial charge in [-0.1, -0.05) is 0 Å². The number of ether oxygens (including phenoxy) is 2. The maximum Gasteiger partial charge on any atom is 0.175 e. The van der Waals surface area contributed by atoms with Crippen LogP contribution in [0.15, 0.2) is 16.7 Å². The number of anilines is 1. The summed E-state index contributed by atoms with van der Waals surface area (Å²) in [6.07, 6.45) is 1.45. The van der Waals surface area contributed by atoms with Crippen molar-refractivity contribution in [2.45, 2.75) is 0 Å². The minimum absolute atomic E-state index is 0.277. The van der Waals surface area contributed by atoms with Gasteiger partial charge in [0.1, 0.15) is 11.6 Å². The molecule has 0 spiro atoms. The van der Waals surface area contributed by atoms with E-state index in [9.17, 15) is 4.39 Å². The van der Waals surface area contributed by atoms with Gasteiger partial charge in [-0.15, -0.1) is 0 Å². The molecule has 7 heteroatoms. The fourth-order valence-electron chi connectivity index (χ4n) is 1.66. The number of benzene rings is 1. The zero-order chi connectivity index (χ0) is 13.3. The van der Waals surface area contributed by atoms with Crippen LogP contribution >= 0.6 is 15.9 Å². The first kappa shape index (κ1) is 12.7. The predicted molar refractivity (Wildman–Crippen MR) is 69.2 cm³/mol. The smallest absolute Gasteiger partial charge is 0.175 e. The van der Waals surface area contributed by atoms with Crippen LogP contribution in [-0.4, -0.2) is 24.4 Å². The molecule has 0 saturated carbocycles. The maximum absolute atomic E-state index is 14.1. The maximum atomic E-state index is 14.1. The molecular weight excluding hydrogens is 305 g/mol. The minimum Gasteiger partial charge on any atom is -0.493 e. The summed E-state index contributed by atoms with van der Waals surface area (Å²) < 4.78 is 24.8. The van der Waals surface area contributed by atoms with Crippen LogP contribution in [0.3, 0.4) is 0 Å². The van der Waals surface area contributed by atoms with Crippen LogP contribution in [0.4, 0.5) is 10.2 Å². The Morgan fingerprint density at radius 3 is 2.61 bits per heavy atom. The molecule has 0 amide bonds. The molecule has 0 aliphatic rings. The first-order chi connectivity index (χ1) is 8.60. The predicted octanol–water partition coefficient (Wildman–Crippen LogP) is 2.58. The summed E-state index contributed by atoms with van der Waals surface area (Å²) in [6, 6.07) is 1.24. The Kier molecular flexibility index (Phi) is 3.42. The number of nitrogens with one attached hydrogen (secondary N) is 1. The molecule has 1 aromatic carbocycles. The van der Waals surface area contributed by atoms with E-state index in [1.807, 2.05) is 0 Å².